The minimum Gasteiger partial charge on any atom is -0.387 e. The van der Waals surface area contributed by atoms with E-state index in [0.29, 0.717) is 19.6 Å². The number of anilines is 1. The van der Waals surface area contributed by atoms with Crippen molar-refractivity contribution < 1.29 is 9.90 Å². The van der Waals surface area contributed by atoms with Crippen molar-refractivity contribution in [2.75, 3.05) is 38.0 Å². The van der Waals surface area contributed by atoms with Crippen molar-refractivity contribution >= 4 is 11.7 Å². The van der Waals surface area contributed by atoms with Crippen molar-refractivity contribution in [2.45, 2.75) is 13.0 Å². The fourth-order valence-electron chi connectivity index (χ4n) is 3.08. The minimum atomic E-state index is -0.492. The maximum Gasteiger partial charge on any atom is 0.321 e. The topological polar surface area (TPSA) is 55.8 Å². The van der Waals surface area contributed by atoms with E-state index in [1.165, 1.54) is 0 Å². The van der Waals surface area contributed by atoms with E-state index in [4.69, 9.17) is 0 Å². The Balaban J connectivity index is 1.47. The van der Waals surface area contributed by atoms with E-state index in [2.05, 4.69) is 10.2 Å². The average Bonchev–Trinajstić information content (AvgIpc) is 2.63. The Morgan fingerprint density at radius 3 is 2.48 bits per heavy atom. The summed E-state index contributed by atoms with van der Waals surface area (Å²) in [5.41, 5.74) is 2.88. The molecule has 1 heterocycles. The number of rotatable bonds is 4. The summed E-state index contributed by atoms with van der Waals surface area (Å²) in [5, 5.41) is 13.3. The van der Waals surface area contributed by atoms with Crippen LogP contribution in [0, 0.1) is 6.92 Å². The Bertz CT molecular complexity index is 697. The first kappa shape index (κ1) is 17.5. The van der Waals surface area contributed by atoms with Gasteiger partial charge in [-0.25, -0.2) is 4.79 Å². The van der Waals surface area contributed by atoms with Crippen LogP contribution in [0.4, 0.5) is 10.5 Å². The minimum absolute atomic E-state index is 0.0612. The summed E-state index contributed by atoms with van der Waals surface area (Å²) in [4.78, 5) is 16.4. The van der Waals surface area contributed by atoms with Gasteiger partial charge in [0.15, 0.2) is 0 Å². The van der Waals surface area contributed by atoms with Gasteiger partial charge in [-0.2, -0.15) is 0 Å². The highest BCUT2D eigenvalue weighted by Crippen LogP contribution is 2.16. The van der Waals surface area contributed by atoms with Crippen LogP contribution in [0.25, 0.3) is 0 Å². The molecule has 5 heteroatoms. The van der Waals surface area contributed by atoms with E-state index >= 15 is 0 Å². The fraction of sp³-hybridized carbons (Fsp3) is 0.350. The molecule has 1 fully saturated rings. The molecule has 1 aliphatic rings. The van der Waals surface area contributed by atoms with Gasteiger partial charge in [-0.1, -0.05) is 42.5 Å². The van der Waals surface area contributed by atoms with Crippen molar-refractivity contribution in [1.29, 1.82) is 0 Å². The molecular weight excluding hydrogens is 314 g/mol. The van der Waals surface area contributed by atoms with Gasteiger partial charge < -0.3 is 15.3 Å². The summed E-state index contributed by atoms with van der Waals surface area (Å²) in [5.74, 6) is 0. The molecule has 1 atom stereocenters. The van der Waals surface area contributed by atoms with Gasteiger partial charge >= 0.3 is 6.03 Å². The average molecular weight is 339 g/mol. The van der Waals surface area contributed by atoms with Crippen LogP contribution in [0.5, 0.6) is 0 Å². The zero-order valence-corrected chi connectivity index (χ0v) is 14.6. The molecule has 1 saturated heterocycles. The predicted octanol–water partition coefficient (Wildman–Crippen LogP) is 2.88. The summed E-state index contributed by atoms with van der Waals surface area (Å²) < 4.78 is 0. The molecule has 0 spiro atoms. The molecule has 0 saturated carbocycles. The third kappa shape index (κ3) is 4.81. The lowest BCUT2D eigenvalue weighted by Gasteiger charge is -2.35. The van der Waals surface area contributed by atoms with Gasteiger partial charge in [0.1, 0.15) is 0 Å². The van der Waals surface area contributed by atoms with Gasteiger partial charge in [-0.3, -0.25) is 4.90 Å². The van der Waals surface area contributed by atoms with Crippen LogP contribution in [0.15, 0.2) is 54.6 Å². The molecule has 2 amide bonds. The summed E-state index contributed by atoms with van der Waals surface area (Å²) in [6.45, 7) is 5.47. The van der Waals surface area contributed by atoms with E-state index in [9.17, 15) is 9.90 Å². The summed E-state index contributed by atoms with van der Waals surface area (Å²) >= 11 is 0. The quantitative estimate of drug-likeness (QED) is 0.900. The van der Waals surface area contributed by atoms with Crippen molar-refractivity contribution in [1.82, 2.24) is 9.80 Å². The SMILES string of the molecule is Cc1cccc(NC(=O)N2CCN(CC(O)c3ccccc3)CC2)c1. The zero-order valence-electron chi connectivity index (χ0n) is 14.6. The van der Waals surface area contributed by atoms with Gasteiger partial charge in [-0.15, -0.1) is 0 Å². The number of carbonyl (C=O) groups excluding carboxylic acids is 1. The second-order valence-electron chi connectivity index (χ2n) is 6.51. The highest BCUT2D eigenvalue weighted by molar-refractivity contribution is 5.89. The van der Waals surface area contributed by atoms with Crippen LogP contribution in [0.2, 0.25) is 0 Å². The summed E-state index contributed by atoms with van der Waals surface area (Å²) in [6.07, 6.45) is -0.492. The highest BCUT2D eigenvalue weighted by Gasteiger charge is 2.23. The second-order valence-corrected chi connectivity index (χ2v) is 6.51. The van der Waals surface area contributed by atoms with Gasteiger partial charge in [0.05, 0.1) is 6.10 Å². The smallest absolute Gasteiger partial charge is 0.321 e. The monoisotopic (exact) mass is 339 g/mol. The van der Waals surface area contributed by atoms with Crippen LogP contribution in [-0.2, 0) is 0 Å². The third-order valence-corrected chi connectivity index (χ3v) is 4.54. The van der Waals surface area contributed by atoms with E-state index < -0.39 is 6.10 Å². The molecule has 0 aliphatic carbocycles. The molecule has 25 heavy (non-hydrogen) atoms. The highest BCUT2D eigenvalue weighted by atomic mass is 16.3. The van der Waals surface area contributed by atoms with Gasteiger partial charge in [0.2, 0.25) is 0 Å². The Morgan fingerprint density at radius 1 is 1.08 bits per heavy atom. The van der Waals surface area contributed by atoms with Gasteiger partial charge in [-0.05, 0) is 30.2 Å². The van der Waals surface area contributed by atoms with Crippen molar-refractivity contribution in [3.63, 3.8) is 0 Å². The van der Waals surface area contributed by atoms with E-state index in [1.54, 1.807) is 0 Å². The molecule has 2 aromatic carbocycles. The number of piperazine rings is 1. The Kier molecular flexibility index (Phi) is 5.68. The Morgan fingerprint density at radius 2 is 1.80 bits per heavy atom. The molecule has 2 aromatic rings. The number of β-amino-alcohol motifs (C(OH)–C–C–N with tert-alkyl or cyclic N) is 1. The predicted molar refractivity (Wildman–Crippen MR) is 99.6 cm³/mol. The molecular formula is C20H25N3O2. The van der Waals surface area contributed by atoms with E-state index in [1.807, 2.05) is 66.4 Å². The van der Waals surface area contributed by atoms with Crippen LogP contribution < -0.4 is 5.32 Å². The number of nitrogens with zero attached hydrogens (tertiary/aromatic N) is 2. The first-order valence-electron chi connectivity index (χ1n) is 8.70. The third-order valence-electron chi connectivity index (χ3n) is 4.54. The largest absolute Gasteiger partial charge is 0.387 e. The molecule has 0 radical (unpaired) electrons. The van der Waals surface area contributed by atoms with Gasteiger partial charge in [0, 0.05) is 38.4 Å². The molecule has 5 nitrogen and oxygen atoms in total. The number of urea groups is 1. The normalized spacial score (nSPS) is 16.5. The molecule has 1 unspecified atom stereocenters. The number of hydrogen-bond acceptors (Lipinski definition) is 3. The summed E-state index contributed by atoms with van der Waals surface area (Å²) in [6, 6.07) is 17.4. The molecule has 0 bridgehead atoms. The second kappa shape index (κ2) is 8.14. The Hall–Kier alpha value is -2.37. The molecule has 0 aromatic heterocycles. The lowest BCUT2D eigenvalue weighted by atomic mass is 10.1. The summed E-state index contributed by atoms with van der Waals surface area (Å²) in [7, 11) is 0. The van der Waals surface area contributed by atoms with Crippen molar-refractivity contribution in [3.05, 3.63) is 65.7 Å². The number of carbonyl (C=O) groups is 1. The number of amides is 2. The molecule has 2 N–H and O–H groups in total. The van der Waals surface area contributed by atoms with Crippen molar-refractivity contribution in [2.24, 2.45) is 0 Å². The number of aryl methyl sites for hydroxylation is 1. The van der Waals surface area contributed by atoms with Crippen LogP contribution in [0.1, 0.15) is 17.2 Å². The lowest BCUT2D eigenvalue weighted by Crippen LogP contribution is -2.50. The van der Waals surface area contributed by atoms with Gasteiger partial charge in [0.25, 0.3) is 0 Å². The van der Waals surface area contributed by atoms with Crippen LogP contribution in [0.3, 0.4) is 0 Å². The van der Waals surface area contributed by atoms with E-state index in [0.717, 1.165) is 29.9 Å². The molecule has 3 rings (SSSR count). The molecule has 132 valence electrons. The lowest BCUT2D eigenvalue weighted by molar-refractivity contribution is 0.0831. The fourth-order valence-corrected chi connectivity index (χ4v) is 3.08. The number of aliphatic hydroxyl groups excluding tert-OH is 1. The standard InChI is InChI=1S/C20H25N3O2/c1-16-6-5-9-18(14-16)21-20(25)23-12-10-22(11-13-23)15-19(24)17-7-3-2-4-8-17/h2-9,14,19,24H,10-13,15H2,1H3,(H,21,25). The molecule has 1 aliphatic heterocycles. The van der Waals surface area contributed by atoms with Crippen molar-refractivity contribution in [3.8, 4) is 0 Å². The van der Waals surface area contributed by atoms with E-state index in [-0.39, 0.29) is 6.03 Å². The van der Waals surface area contributed by atoms with Crippen LogP contribution in [-0.4, -0.2) is 53.7 Å². The maximum absolute atomic E-state index is 12.4. The number of benzene rings is 2. The van der Waals surface area contributed by atoms with Crippen LogP contribution >= 0.6 is 0 Å². The number of aliphatic hydroxyl groups is 1. The Labute approximate surface area is 148 Å². The first-order valence-corrected chi connectivity index (χ1v) is 8.70. The number of nitrogens with one attached hydrogen (secondary N) is 1. The maximum atomic E-state index is 12.4. The zero-order chi connectivity index (χ0) is 17.6. The number of hydrogen-bond donors (Lipinski definition) is 2. The first-order chi connectivity index (χ1) is 12.1.